The van der Waals surface area contributed by atoms with Crippen molar-refractivity contribution in [3.63, 3.8) is 0 Å². The highest BCUT2D eigenvalue weighted by Gasteiger charge is 2.87. The molecule has 0 saturated carbocycles. The van der Waals surface area contributed by atoms with Crippen LogP contribution in [0, 0.1) is 5.41 Å². The van der Waals surface area contributed by atoms with Gasteiger partial charge < -0.3 is 4.74 Å². The van der Waals surface area contributed by atoms with Crippen molar-refractivity contribution >= 4 is 5.97 Å². The topological polar surface area (TPSA) is 26.3 Å². The molecular formula is C14H16F12O2. The zero-order chi connectivity index (χ0) is 23.0. The van der Waals surface area contributed by atoms with Crippen LogP contribution in [0.2, 0.25) is 0 Å². The van der Waals surface area contributed by atoms with Crippen LogP contribution >= 0.6 is 0 Å². The van der Waals surface area contributed by atoms with Gasteiger partial charge in [-0.3, -0.25) is 4.79 Å². The predicted molar refractivity (Wildman–Crippen MR) is 70.4 cm³/mol. The Kier molecular flexibility index (Phi) is 7.42. The van der Waals surface area contributed by atoms with Crippen molar-refractivity contribution in [1.82, 2.24) is 0 Å². The van der Waals surface area contributed by atoms with Crippen molar-refractivity contribution in [3.05, 3.63) is 0 Å². The Morgan fingerprint density at radius 2 is 1.25 bits per heavy atom. The molecule has 0 fully saturated rings. The molecule has 168 valence electrons. The van der Waals surface area contributed by atoms with E-state index in [1.165, 1.54) is 20.8 Å². The summed E-state index contributed by atoms with van der Waals surface area (Å²) in [4.78, 5) is 11.5. The van der Waals surface area contributed by atoms with E-state index in [4.69, 9.17) is 0 Å². The van der Waals surface area contributed by atoms with Crippen molar-refractivity contribution < 1.29 is 62.2 Å². The maximum atomic E-state index is 13.5. The molecule has 0 amide bonds. The number of carbonyl (C=O) groups is 1. The molecule has 0 aromatic carbocycles. The minimum atomic E-state index is -7.57. The summed E-state index contributed by atoms with van der Waals surface area (Å²) in [6, 6.07) is 0. The molecule has 0 unspecified atom stereocenters. The van der Waals surface area contributed by atoms with Gasteiger partial charge in [0, 0.05) is 0 Å². The Labute approximate surface area is 151 Å². The number of alkyl halides is 12. The summed E-state index contributed by atoms with van der Waals surface area (Å²) in [7, 11) is 0. The average molecular weight is 444 g/mol. The summed E-state index contributed by atoms with van der Waals surface area (Å²) < 4.78 is 160. The fourth-order valence-electron chi connectivity index (χ4n) is 1.54. The smallest absolute Gasteiger partial charge is 0.384 e. The lowest BCUT2D eigenvalue weighted by Crippen LogP contribution is -2.68. The van der Waals surface area contributed by atoms with Gasteiger partial charge >= 0.3 is 42.0 Å². The number of carbonyl (C=O) groups excluding carboxylic acids is 1. The predicted octanol–water partition coefficient (Wildman–Crippen LogP) is 5.80. The second kappa shape index (κ2) is 7.81. The highest BCUT2D eigenvalue weighted by molar-refractivity contribution is 5.75. The van der Waals surface area contributed by atoms with E-state index in [1.54, 1.807) is 0 Å². The number of hydrogen-bond donors (Lipinski definition) is 0. The van der Waals surface area contributed by atoms with Crippen molar-refractivity contribution in [2.45, 2.75) is 69.7 Å². The van der Waals surface area contributed by atoms with Crippen molar-refractivity contribution in [2.24, 2.45) is 5.41 Å². The first-order chi connectivity index (χ1) is 12.1. The molecule has 0 saturated heterocycles. The van der Waals surface area contributed by atoms with E-state index in [2.05, 4.69) is 4.74 Å². The van der Waals surface area contributed by atoms with Gasteiger partial charge in [-0.25, -0.2) is 8.78 Å². The van der Waals surface area contributed by atoms with Crippen LogP contribution in [-0.4, -0.2) is 48.6 Å². The standard InChI is InChI=1S/C14H16F12O2/c1-4-9(2,3)8(27)28-6-5-10(17,18)12(21,22)14(25,26)13(23,24)11(19,20)7(15)16/h7H,4-6H2,1-3H3. The van der Waals surface area contributed by atoms with Gasteiger partial charge in [0.15, 0.2) is 0 Å². The lowest BCUT2D eigenvalue weighted by atomic mass is 9.90. The minimum Gasteiger partial charge on any atom is -0.465 e. The molecule has 0 aliphatic heterocycles. The number of ether oxygens (including phenoxy) is 1. The van der Waals surface area contributed by atoms with Gasteiger partial charge in [0.05, 0.1) is 18.4 Å². The summed E-state index contributed by atoms with van der Waals surface area (Å²) in [5, 5.41) is 0. The van der Waals surface area contributed by atoms with Gasteiger partial charge in [0.2, 0.25) is 0 Å². The number of hydrogen-bond acceptors (Lipinski definition) is 2. The van der Waals surface area contributed by atoms with Gasteiger partial charge in [-0.1, -0.05) is 6.92 Å². The molecule has 0 radical (unpaired) electrons. The maximum Gasteiger partial charge on any atom is 0.384 e. The Hall–Kier alpha value is -1.37. The molecule has 0 aliphatic carbocycles. The van der Waals surface area contributed by atoms with Gasteiger partial charge in [0.1, 0.15) is 0 Å². The van der Waals surface area contributed by atoms with Crippen LogP contribution in [-0.2, 0) is 9.53 Å². The first kappa shape index (κ1) is 26.6. The first-order valence-electron chi connectivity index (χ1n) is 7.48. The molecule has 0 aromatic heterocycles. The number of rotatable bonds is 10. The van der Waals surface area contributed by atoms with Crippen LogP contribution in [0.25, 0.3) is 0 Å². The summed E-state index contributed by atoms with van der Waals surface area (Å²) in [5.41, 5.74) is -1.28. The van der Waals surface area contributed by atoms with Gasteiger partial charge in [0.25, 0.3) is 0 Å². The maximum absolute atomic E-state index is 13.5. The van der Waals surface area contributed by atoms with Gasteiger partial charge in [-0.05, 0) is 20.3 Å². The quantitative estimate of drug-likeness (QED) is 0.315. The molecular weight excluding hydrogens is 428 g/mol. The SMILES string of the molecule is CCC(C)(C)C(=O)OCCC(F)(F)C(F)(F)C(F)(F)C(F)(F)C(F)(F)C(F)F. The molecule has 2 nitrogen and oxygen atoms in total. The lowest BCUT2D eigenvalue weighted by Gasteiger charge is -2.39. The third kappa shape index (κ3) is 4.29. The Morgan fingerprint density at radius 3 is 1.61 bits per heavy atom. The summed E-state index contributed by atoms with van der Waals surface area (Å²) in [6.45, 7) is 2.31. The Morgan fingerprint density at radius 1 is 0.821 bits per heavy atom. The Bertz CT molecular complexity index is 557. The van der Waals surface area contributed by atoms with E-state index in [9.17, 15) is 57.5 Å². The minimum absolute atomic E-state index is 0.0887. The highest BCUT2D eigenvalue weighted by Crippen LogP contribution is 2.58. The van der Waals surface area contributed by atoms with Crippen molar-refractivity contribution in [2.75, 3.05) is 6.61 Å². The molecule has 28 heavy (non-hydrogen) atoms. The van der Waals surface area contributed by atoms with Crippen LogP contribution in [0.3, 0.4) is 0 Å². The molecule has 0 rings (SSSR count). The third-order valence-corrected chi connectivity index (χ3v) is 4.03. The van der Waals surface area contributed by atoms with Gasteiger partial charge in [-0.2, -0.15) is 43.9 Å². The zero-order valence-electron chi connectivity index (χ0n) is 14.6. The number of halogens is 12. The van der Waals surface area contributed by atoms with Crippen LogP contribution < -0.4 is 0 Å². The molecule has 0 spiro atoms. The van der Waals surface area contributed by atoms with E-state index in [-0.39, 0.29) is 6.42 Å². The fourth-order valence-corrected chi connectivity index (χ4v) is 1.54. The average Bonchev–Trinajstić information content (AvgIpc) is 2.53. The van der Waals surface area contributed by atoms with E-state index in [0.29, 0.717) is 0 Å². The molecule has 0 N–H and O–H groups in total. The van der Waals surface area contributed by atoms with E-state index < -0.39 is 60.5 Å². The third-order valence-electron chi connectivity index (χ3n) is 4.03. The summed E-state index contributed by atoms with van der Waals surface area (Å²) in [5.74, 6) is -36.6. The fraction of sp³-hybridized carbons (Fsp3) is 0.929. The van der Waals surface area contributed by atoms with Crippen LogP contribution in [0.1, 0.15) is 33.6 Å². The summed E-state index contributed by atoms with van der Waals surface area (Å²) in [6.07, 6.45) is -7.92. The van der Waals surface area contributed by atoms with Crippen molar-refractivity contribution in [1.29, 1.82) is 0 Å². The summed E-state index contributed by atoms with van der Waals surface area (Å²) >= 11 is 0. The van der Waals surface area contributed by atoms with Crippen molar-refractivity contribution in [3.8, 4) is 0 Å². The molecule has 0 heterocycles. The second-order valence-electron chi connectivity index (χ2n) is 6.47. The lowest BCUT2D eigenvalue weighted by molar-refractivity contribution is -0.413. The van der Waals surface area contributed by atoms with Crippen LogP contribution in [0.5, 0.6) is 0 Å². The molecule has 0 bridgehead atoms. The van der Waals surface area contributed by atoms with Gasteiger partial charge in [-0.15, -0.1) is 0 Å². The van der Waals surface area contributed by atoms with E-state index in [0.717, 1.165) is 0 Å². The largest absolute Gasteiger partial charge is 0.465 e. The van der Waals surface area contributed by atoms with Crippen LogP contribution in [0.15, 0.2) is 0 Å². The molecule has 0 atom stereocenters. The zero-order valence-corrected chi connectivity index (χ0v) is 14.6. The molecule has 0 aromatic rings. The monoisotopic (exact) mass is 444 g/mol. The Balaban J connectivity index is 5.61. The van der Waals surface area contributed by atoms with E-state index >= 15 is 0 Å². The molecule has 0 aliphatic rings. The second-order valence-corrected chi connectivity index (χ2v) is 6.47. The van der Waals surface area contributed by atoms with E-state index in [1.807, 2.05) is 0 Å². The number of esters is 1. The normalized spacial score (nSPS) is 15.1. The first-order valence-corrected chi connectivity index (χ1v) is 7.48. The molecule has 14 heteroatoms. The van der Waals surface area contributed by atoms with Crippen LogP contribution in [0.4, 0.5) is 52.7 Å². The highest BCUT2D eigenvalue weighted by atomic mass is 19.4.